The normalized spacial score (nSPS) is 12.6. The van der Waals surface area contributed by atoms with Crippen molar-refractivity contribution in [2.75, 3.05) is 4.90 Å². The van der Waals surface area contributed by atoms with Crippen molar-refractivity contribution in [3.8, 4) is 44.8 Å². The van der Waals surface area contributed by atoms with Gasteiger partial charge in [-0.2, -0.15) is 0 Å². The molecule has 0 saturated carbocycles. The molecule has 0 unspecified atom stereocenters. The van der Waals surface area contributed by atoms with E-state index in [2.05, 4.69) is 311 Å². The Labute approximate surface area is 442 Å². The van der Waals surface area contributed by atoms with Crippen LogP contribution in [-0.4, -0.2) is 9.13 Å². The molecule has 0 amide bonds. The van der Waals surface area contributed by atoms with E-state index in [1.54, 1.807) is 0 Å². The summed E-state index contributed by atoms with van der Waals surface area (Å²) in [7, 11) is 0. The second-order valence-corrected chi connectivity index (χ2v) is 20.0. The van der Waals surface area contributed by atoms with Gasteiger partial charge in [0.05, 0.1) is 33.2 Å². The SMILES string of the molecule is c1ccc(-n2c3ccccc3c3cc(-c4ccc(N(c5ccc(-c6cccc7c6c6ccccc6n7-c6ccccc6)cc5)c5cccc6c5-c5ccccc5C6(c5ccccc5)c5ccccc5)cc4)ccc32)cc1. The second-order valence-electron chi connectivity index (χ2n) is 20.0. The van der Waals surface area contributed by atoms with Gasteiger partial charge in [-0.15, -0.1) is 0 Å². The summed E-state index contributed by atoms with van der Waals surface area (Å²) in [5.41, 5.74) is 22.1. The Hall–Kier alpha value is -9.96. The summed E-state index contributed by atoms with van der Waals surface area (Å²) in [5.74, 6) is 0. The van der Waals surface area contributed by atoms with Crippen molar-refractivity contribution >= 4 is 60.7 Å². The third-order valence-corrected chi connectivity index (χ3v) is 16.0. The highest BCUT2D eigenvalue weighted by molar-refractivity contribution is 6.16. The zero-order valence-electron chi connectivity index (χ0n) is 41.6. The number of hydrogen-bond donors (Lipinski definition) is 0. The van der Waals surface area contributed by atoms with Gasteiger partial charge in [-0.3, -0.25) is 0 Å². The van der Waals surface area contributed by atoms with Crippen molar-refractivity contribution in [3.63, 3.8) is 0 Å². The summed E-state index contributed by atoms with van der Waals surface area (Å²) in [4.78, 5) is 2.48. The van der Waals surface area contributed by atoms with E-state index in [1.165, 1.54) is 93.7 Å². The van der Waals surface area contributed by atoms with E-state index in [0.717, 1.165) is 34.0 Å². The molecule has 0 fully saturated rings. The number of hydrogen-bond acceptors (Lipinski definition) is 1. The van der Waals surface area contributed by atoms with Crippen LogP contribution in [0.3, 0.4) is 0 Å². The van der Waals surface area contributed by atoms with E-state index in [-0.39, 0.29) is 0 Å². The summed E-state index contributed by atoms with van der Waals surface area (Å²) in [6.07, 6.45) is 0. The summed E-state index contributed by atoms with van der Waals surface area (Å²) in [6.45, 7) is 0. The summed E-state index contributed by atoms with van der Waals surface area (Å²) in [6, 6.07) is 109. The molecule has 2 aromatic heterocycles. The van der Waals surface area contributed by atoms with Gasteiger partial charge in [-0.05, 0) is 135 Å². The first kappa shape index (κ1) is 43.6. The third-order valence-electron chi connectivity index (χ3n) is 16.0. The van der Waals surface area contributed by atoms with Crippen LogP contribution in [0.15, 0.2) is 297 Å². The van der Waals surface area contributed by atoms with Crippen molar-refractivity contribution in [1.82, 2.24) is 9.13 Å². The predicted molar refractivity (Wildman–Crippen MR) is 318 cm³/mol. The molecule has 12 aromatic carbocycles. The number of benzene rings is 12. The van der Waals surface area contributed by atoms with E-state index < -0.39 is 5.41 Å². The van der Waals surface area contributed by atoms with E-state index in [0.29, 0.717) is 0 Å². The van der Waals surface area contributed by atoms with Gasteiger partial charge in [-0.25, -0.2) is 0 Å². The lowest BCUT2D eigenvalue weighted by molar-refractivity contribution is 0.768. The van der Waals surface area contributed by atoms with Crippen LogP contribution in [0.2, 0.25) is 0 Å². The van der Waals surface area contributed by atoms with Gasteiger partial charge in [0, 0.05) is 49.9 Å². The maximum absolute atomic E-state index is 2.48. The van der Waals surface area contributed by atoms with Gasteiger partial charge >= 0.3 is 0 Å². The first-order valence-electron chi connectivity index (χ1n) is 26.3. The lowest BCUT2D eigenvalue weighted by Gasteiger charge is -2.34. The molecule has 3 heteroatoms. The fraction of sp³-hybridized carbons (Fsp3) is 0.0137. The van der Waals surface area contributed by atoms with Crippen LogP contribution in [0.4, 0.5) is 17.1 Å². The van der Waals surface area contributed by atoms with Crippen molar-refractivity contribution in [3.05, 3.63) is 320 Å². The Morgan fingerprint density at radius 3 is 1.41 bits per heavy atom. The fourth-order valence-corrected chi connectivity index (χ4v) is 12.8. The van der Waals surface area contributed by atoms with E-state index in [9.17, 15) is 0 Å². The number of nitrogens with zero attached hydrogens (tertiary/aromatic N) is 3. The Morgan fingerprint density at radius 2 is 0.750 bits per heavy atom. The minimum absolute atomic E-state index is 0.538. The molecule has 1 aliphatic rings. The smallest absolute Gasteiger partial charge is 0.0714 e. The zero-order chi connectivity index (χ0) is 50.2. The van der Waals surface area contributed by atoms with Gasteiger partial charge in [-0.1, -0.05) is 212 Å². The van der Waals surface area contributed by atoms with E-state index in [1.807, 2.05) is 0 Å². The maximum atomic E-state index is 2.48. The highest BCUT2D eigenvalue weighted by Gasteiger charge is 2.47. The fourth-order valence-electron chi connectivity index (χ4n) is 12.8. The lowest BCUT2D eigenvalue weighted by Crippen LogP contribution is -2.28. The van der Waals surface area contributed by atoms with Crippen molar-refractivity contribution in [2.45, 2.75) is 5.41 Å². The molecule has 0 N–H and O–H groups in total. The first-order valence-corrected chi connectivity index (χ1v) is 26.3. The Morgan fingerprint density at radius 1 is 0.289 bits per heavy atom. The number of para-hydroxylation sites is 4. The van der Waals surface area contributed by atoms with E-state index >= 15 is 0 Å². The molecule has 356 valence electrons. The molecule has 0 spiro atoms. The highest BCUT2D eigenvalue weighted by Crippen LogP contribution is 2.59. The van der Waals surface area contributed by atoms with Crippen molar-refractivity contribution < 1.29 is 0 Å². The molecule has 0 aliphatic heterocycles. The average molecular weight is 968 g/mol. The predicted octanol–water partition coefficient (Wildman–Crippen LogP) is 19.0. The number of anilines is 3. The summed E-state index contributed by atoms with van der Waals surface area (Å²) >= 11 is 0. The van der Waals surface area contributed by atoms with Crippen molar-refractivity contribution in [2.24, 2.45) is 0 Å². The quantitative estimate of drug-likeness (QED) is 0.140. The Bertz CT molecular complexity index is 4440. The molecule has 3 nitrogen and oxygen atoms in total. The van der Waals surface area contributed by atoms with Crippen LogP contribution in [-0.2, 0) is 5.41 Å². The Kier molecular flexibility index (Phi) is 10.1. The topological polar surface area (TPSA) is 13.1 Å². The van der Waals surface area contributed by atoms with Crippen LogP contribution >= 0.6 is 0 Å². The maximum Gasteiger partial charge on any atom is 0.0714 e. The molecule has 0 bridgehead atoms. The minimum atomic E-state index is -0.538. The van der Waals surface area contributed by atoms with Crippen LogP contribution in [0, 0.1) is 0 Å². The lowest BCUT2D eigenvalue weighted by atomic mass is 9.68. The van der Waals surface area contributed by atoms with Crippen LogP contribution in [0.5, 0.6) is 0 Å². The van der Waals surface area contributed by atoms with Crippen LogP contribution in [0.25, 0.3) is 88.4 Å². The van der Waals surface area contributed by atoms with Crippen LogP contribution in [0.1, 0.15) is 22.3 Å². The number of aromatic nitrogens is 2. The molecule has 0 radical (unpaired) electrons. The van der Waals surface area contributed by atoms with Crippen LogP contribution < -0.4 is 4.90 Å². The van der Waals surface area contributed by atoms with Gasteiger partial charge in [0.25, 0.3) is 0 Å². The standard InChI is InChI=1S/C73H49N3/c1-5-21-53(22-6-1)73(54-23-7-2-8-24-54)64-33-16-13-30-61(64)72-65(73)34-20-38-70(72)74(57-44-39-50(40-45-57)52-43-48-68-63(49-52)60-29-14-17-35-66(60)75(68)55-25-9-3-10-26-55)58-46-41-51(42-47-58)59-32-19-37-69-71(59)62-31-15-18-36-67(62)76(69)56-27-11-4-12-28-56/h1-49H. The largest absolute Gasteiger partial charge is 0.310 e. The molecule has 0 atom stereocenters. The molecular formula is C73H49N3. The highest BCUT2D eigenvalue weighted by atomic mass is 15.1. The van der Waals surface area contributed by atoms with Crippen molar-refractivity contribution in [1.29, 1.82) is 0 Å². The monoisotopic (exact) mass is 967 g/mol. The molecule has 0 saturated heterocycles. The second kappa shape index (κ2) is 17.6. The zero-order valence-corrected chi connectivity index (χ0v) is 41.6. The first-order chi connectivity index (χ1) is 37.7. The molecule has 14 aromatic rings. The number of rotatable bonds is 9. The van der Waals surface area contributed by atoms with E-state index in [4.69, 9.17) is 0 Å². The third kappa shape index (κ3) is 6.62. The summed E-state index contributed by atoms with van der Waals surface area (Å²) in [5, 5.41) is 4.97. The number of fused-ring (bicyclic) bond motifs is 9. The minimum Gasteiger partial charge on any atom is -0.310 e. The van der Waals surface area contributed by atoms with Gasteiger partial charge in [0.15, 0.2) is 0 Å². The molecule has 1 aliphatic carbocycles. The molecular weight excluding hydrogens is 919 g/mol. The van der Waals surface area contributed by atoms with Gasteiger partial charge in [0.2, 0.25) is 0 Å². The molecule has 76 heavy (non-hydrogen) atoms. The summed E-state index contributed by atoms with van der Waals surface area (Å²) < 4.78 is 4.78. The molecule has 15 rings (SSSR count). The van der Waals surface area contributed by atoms with Gasteiger partial charge in [0.1, 0.15) is 0 Å². The molecule has 2 heterocycles. The Balaban J connectivity index is 0.913. The average Bonchev–Trinajstić information content (AvgIpc) is 4.30. The van der Waals surface area contributed by atoms with Gasteiger partial charge < -0.3 is 14.0 Å².